The molecule has 0 aliphatic rings. The number of hydrogen-bond acceptors (Lipinski definition) is 4. The second-order valence-electron chi connectivity index (χ2n) is 4.03. The van der Waals surface area contributed by atoms with Crippen LogP contribution in [0.15, 0.2) is 36.4 Å². The predicted octanol–water partition coefficient (Wildman–Crippen LogP) is 2.81. The van der Waals surface area contributed by atoms with Gasteiger partial charge in [0.05, 0.1) is 12.6 Å². The van der Waals surface area contributed by atoms with Crippen molar-refractivity contribution in [1.82, 2.24) is 4.98 Å². The first-order valence-corrected chi connectivity index (χ1v) is 5.49. The van der Waals surface area contributed by atoms with Gasteiger partial charge < -0.3 is 14.9 Å². The van der Waals surface area contributed by atoms with Crippen LogP contribution in [-0.2, 0) is 0 Å². The van der Waals surface area contributed by atoms with Crippen LogP contribution >= 0.6 is 0 Å². The molecule has 0 amide bonds. The number of aromatic hydroxyl groups is 2. The summed E-state index contributed by atoms with van der Waals surface area (Å²) in [6, 6.07) is 11.0. The molecule has 0 saturated carbocycles. The van der Waals surface area contributed by atoms with Crippen LogP contribution < -0.4 is 4.74 Å². The number of hydrogen-bond donors (Lipinski definition) is 2. The van der Waals surface area contributed by atoms with Crippen molar-refractivity contribution in [3.05, 3.63) is 36.4 Å². The molecular formula is C14H11NO3. The highest BCUT2D eigenvalue weighted by Crippen LogP contribution is 2.41. The molecule has 4 nitrogen and oxygen atoms in total. The van der Waals surface area contributed by atoms with Gasteiger partial charge >= 0.3 is 0 Å². The van der Waals surface area contributed by atoms with E-state index in [9.17, 15) is 10.2 Å². The third-order valence-electron chi connectivity index (χ3n) is 2.92. The van der Waals surface area contributed by atoms with Gasteiger partial charge in [-0.2, -0.15) is 0 Å². The zero-order chi connectivity index (χ0) is 12.7. The smallest absolute Gasteiger partial charge is 0.205 e. The van der Waals surface area contributed by atoms with Crippen LogP contribution in [0.4, 0.5) is 0 Å². The largest absolute Gasteiger partial charge is 0.504 e. The Bertz CT molecular complexity index is 753. The summed E-state index contributed by atoms with van der Waals surface area (Å²) in [7, 11) is 1.39. The fraction of sp³-hybridized carbons (Fsp3) is 0.0714. The van der Waals surface area contributed by atoms with E-state index in [-0.39, 0.29) is 17.2 Å². The molecule has 0 unspecified atom stereocenters. The Hall–Kier alpha value is -2.49. The first-order chi connectivity index (χ1) is 8.70. The van der Waals surface area contributed by atoms with Gasteiger partial charge in [-0.1, -0.05) is 18.2 Å². The fourth-order valence-electron chi connectivity index (χ4n) is 2.07. The summed E-state index contributed by atoms with van der Waals surface area (Å²) in [5.41, 5.74) is 1.20. The van der Waals surface area contributed by atoms with Crippen molar-refractivity contribution in [3.8, 4) is 17.2 Å². The van der Waals surface area contributed by atoms with Crippen LogP contribution in [-0.4, -0.2) is 22.3 Å². The van der Waals surface area contributed by atoms with E-state index in [1.54, 1.807) is 0 Å². The molecule has 4 heteroatoms. The molecule has 0 radical (unpaired) electrons. The molecule has 1 aromatic heterocycles. The van der Waals surface area contributed by atoms with Gasteiger partial charge in [0.15, 0.2) is 11.5 Å². The Morgan fingerprint density at radius 1 is 1.06 bits per heavy atom. The number of para-hydroxylation sites is 1. The number of phenols is 2. The second kappa shape index (κ2) is 3.77. The third-order valence-corrected chi connectivity index (χ3v) is 2.92. The summed E-state index contributed by atoms with van der Waals surface area (Å²) in [5, 5.41) is 21.4. The molecule has 3 aromatic rings. The molecule has 3 rings (SSSR count). The van der Waals surface area contributed by atoms with Crippen LogP contribution in [0.25, 0.3) is 21.8 Å². The highest BCUT2D eigenvalue weighted by atomic mass is 16.5. The summed E-state index contributed by atoms with van der Waals surface area (Å²) < 4.78 is 4.96. The molecule has 2 N–H and O–H groups in total. The lowest BCUT2D eigenvalue weighted by molar-refractivity contribution is 0.347. The minimum absolute atomic E-state index is 0.0466. The molecule has 0 aliphatic heterocycles. The van der Waals surface area contributed by atoms with Crippen LogP contribution in [0.5, 0.6) is 17.2 Å². The highest BCUT2D eigenvalue weighted by Gasteiger charge is 2.14. The molecular weight excluding hydrogens is 230 g/mol. The molecule has 0 spiro atoms. The van der Waals surface area contributed by atoms with Crippen LogP contribution in [0.1, 0.15) is 0 Å². The Balaban J connectivity index is 2.47. The minimum Gasteiger partial charge on any atom is -0.504 e. The molecule has 0 bridgehead atoms. The minimum atomic E-state index is -0.141. The number of methoxy groups -OCH3 is 1. The molecule has 90 valence electrons. The molecule has 0 atom stereocenters. The predicted molar refractivity (Wildman–Crippen MR) is 69.1 cm³/mol. The van der Waals surface area contributed by atoms with Crippen LogP contribution in [0, 0.1) is 0 Å². The average molecular weight is 241 g/mol. The van der Waals surface area contributed by atoms with Gasteiger partial charge in [0, 0.05) is 10.8 Å². The van der Waals surface area contributed by atoms with Gasteiger partial charge in [0.1, 0.15) is 5.52 Å². The Morgan fingerprint density at radius 2 is 1.83 bits per heavy atom. The molecule has 18 heavy (non-hydrogen) atoms. The highest BCUT2D eigenvalue weighted by molar-refractivity contribution is 5.97. The van der Waals surface area contributed by atoms with Gasteiger partial charge in [-0.05, 0) is 18.2 Å². The summed E-state index contributed by atoms with van der Waals surface area (Å²) in [5.74, 6) is -0.192. The summed E-state index contributed by atoms with van der Waals surface area (Å²) >= 11 is 0. The number of pyridine rings is 1. The maximum Gasteiger partial charge on any atom is 0.205 e. The van der Waals surface area contributed by atoms with Crippen molar-refractivity contribution < 1.29 is 14.9 Å². The number of aromatic nitrogens is 1. The first kappa shape index (κ1) is 10.7. The van der Waals surface area contributed by atoms with Gasteiger partial charge in [-0.15, -0.1) is 0 Å². The number of benzene rings is 2. The monoisotopic (exact) mass is 241 g/mol. The topological polar surface area (TPSA) is 62.6 Å². The maximum absolute atomic E-state index is 10.0. The number of ether oxygens (including phenoxy) is 1. The van der Waals surface area contributed by atoms with E-state index in [2.05, 4.69) is 4.98 Å². The Labute approximate surface area is 103 Å². The number of fused-ring (bicyclic) bond motifs is 2. The van der Waals surface area contributed by atoms with Gasteiger partial charge in [0.25, 0.3) is 0 Å². The van der Waals surface area contributed by atoms with Gasteiger partial charge in [-0.3, -0.25) is 0 Å². The SMILES string of the molecule is COc1c(O)cc2cc3ccccc3nc2c1O. The fourth-order valence-corrected chi connectivity index (χ4v) is 2.07. The normalized spacial score (nSPS) is 10.9. The summed E-state index contributed by atoms with van der Waals surface area (Å²) in [4.78, 5) is 4.39. The van der Waals surface area contributed by atoms with Crippen LogP contribution in [0.3, 0.4) is 0 Å². The summed E-state index contributed by atoms with van der Waals surface area (Å²) in [6.07, 6.45) is 0. The van der Waals surface area contributed by atoms with Gasteiger partial charge in [-0.25, -0.2) is 4.98 Å². The van der Waals surface area contributed by atoms with Gasteiger partial charge in [0.2, 0.25) is 5.75 Å². The van der Waals surface area contributed by atoms with E-state index in [1.807, 2.05) is 30.3 Å². The lowest BCUT2D eigenvalue weighted by Gasteiger charge is -2.09. The molecule has 0 fully saturated rings. The van der Waals surface area contributed by atoms with Crippen molar-refractivity contribution >= 4 is 21.8 Å². The van der Waals surface area contributed by atoms with Crippen molar-refractivity contribution in [3.63, 3.8) is 0 Å². The molecule has 0 saturated heterocycles. The van der Waals surface area contributed by atoms with Crippen molar-refractivity contribution in [1.29, 1.82) is 0 Å². The lowest BCUT2D eigenvalue weighted by atomic mass is 10.1. The quantitative estimate of drug-likeness (QED) is 0.643. The van der Waals surface area contributed by atoms with E-state index < -0.39 is 0 Å². The van der Waals surface area contributed by atoms with E-state index in [4.69, 9.17) is 4.74 Å². The molecule has 2 aromatic carbocycles. The van der Waals surface area contributed by atoms with E-state index in [1.165, 1.54) is 13.2 Å². The van der Waals surface area contributed by atoms with E-state index in [0.717, 1.165) is 10.9 Å². The van der Waals surface area contributed by atoms with E-state index >= 15 is 0 Å². The Kier molecular flexibility index (Phi) is 2.23. The van der Waals surface area contributed by atoms with Crippen molar-refractivity contribution in [2.45, 2.75) is 0 Å². The van der Waals surface area contributed by atoms with E-state index in [0.29, 0.717) is 10.9 Å². The number of nitrogens with zero attached hydrogens (tertiary/aromatic N) is 1. The third kappa shape index (κ3) is 1.43. The molecule has 1 heterocycles. The Morgan fingerprint density at radius 3 is 2.61 bits per heavy atom. The zero-order valence-electron chi connectivity index (χ0n) is 9.71. The number of phenolic OH excluding ortho intramolecular Hbond substituents is 2. The van der Waals surface area contributed by atoms with Crippen molar-refractivity contribution in [2.24, 2.45) is 0 Å². The maximum atomic E-state index is 10.0. The standard InChI is InChI=1S/C14H11NO3/c1-18-14-11(16)7-9-6-8-4-2-3-5-10(8)15-12(9)13(14)17/h2-7,16-17H,1H3. The molecule has 0 aliphatic carbocycles. The number of rotatable bonds is 1. The lowest BCUT2D eigenvalue weighted by Crippen LogP contribution is -1.89. The summed E-state index contributed by atoms with van der Waals surface area (Å²) in [6.45, 7) is 0. The van der Waals surface area contributed by atoms with Crippen molar-refractivity contribution in [2.75, 3.05) is 7.11 Å². The second-order valence-corrected chi connectivity index (χ2v) is 4.03. The average Bonchev–Trinajstić information content (AvgIpc) is 2.37. The van der Waals surface area contributed by atoms with Crippen LogP contribution in [0.2, 0.25) is 0 Å². The first-order valence-electron chi connectivity index (χ1n) is 5.49. The zero-order valence-corrected chi connectivity index (χ0v) is 9.71.